The van der Waals surface area contributed by atoms with Crippen LogP contribution in [-0.4, -0.2) is 34.6 Å². The summed E-state index contributed by atoms with van der Waals surface area (Å²) in [5.74, 6) is 0.537. The SMILES string of the molecule is CC(C)(C)N1C[C@H]2C[C@@H]3C=C[C@]2(O3)C1=O. The summed E-state index contributed by atoms with van der Waals surface area (Å²) in [6, 6.07) is 0. The highest BCUT2D eigenvalue weighted by atomic mass is 16.5. The molecule has 0 radical (unpaired) electrons. The molecule has 1 spiro atoms. The van der Waals surface area contributed by atoms with E-state index in [0.717, 1.165) is 13.0 Å². The van der Waals surface area contributed by atoms with Gasteiger partial charge in [0.1, 0.15) is 0 Å². The molecule has 3 heterocycles. The number of hydrogen-bond acceptors (Lipinski definition) is 2. The molecule has 0 aromatic carbocycles. The molecular weight excluding hydrogens is 190 g/mol. The van der Waals surface area contributed by atoms with Crippen molar-refractivity contribution < 1.29 is 9.53 Å². The molecule has 3 nitrogen and oxygen atoms in total. The molecule has 0 aromatic heterocycles. The molecule has 0 unspecified atom stereocenters. The Morgan fingerprint density at radius 2 is 2.27 bits per heavy atom. The van der Waals surface area contributed by atoms with Crippen molar-refractivity contribution >= 4 is 5.91 Å². The Bertz CT molecular complexity index is 355. The van der Waals surface area contributed by atoms with Gasteiger partial charge in [-0.15, -0.1) is 0 Å². The van der Waals surface area contributed by atoms with E-state index in [1.807, 2.05) is 17.1 Å². The maximum Gasteiger partial charge on any atom is 0.259 e. The Balaban J connectivity index is 1.98. The second kappa shape index (κ2) is 2.46. The van der Waals surface area contributed by atoms with E-state index in [2.05, 4.69) is 20.8 Å². The molecular formula is C12H17NO2. The first-order chi connectivity index (χ1) is 6.93. The van der Waals surface area contributed by atoms with Crippen LogP contribution < -0.4 is 0 Å². The highest BCUT2D eigenvalue weighted by molar-refractivity contribution is 5.92. The predicted octanol–water partition coefficient (Wildman–Crippen LogP) is 1.34. The van der Waals surface area contributed by atoms with E-state index in [1.54, 1.807) is 0 Å². The van der Waals surface area contributed by atoms with Gasteiger partial charge in [0.15, 0.2) is 5.60 Å². The fourth-order valence-corrected chi connectivity index (χ4v) is 2.99. The molecule has 3 aliphatic rings. The van der Waals surface area contributed by atoms with Gasteiger partial charge in [-0.25, -0.2) is 0 Å². The van der Waals surface area contributed by atoms with Crippen LogP contribution >= 0.6 is 0 Å². The highest BCUT2D eigenvalue weighted by Crippen LogP contribution is 2.49. The number of ether oxygens (including phenoxy) is 1. The Labute approximate surface area is 90.1 Å². The zero-order valence-electron chi connectivity index (χ0n) is 9.49. The fourth-order valence-electron chi connectivity index (χ4n) is 2.99. The van der Waals surface area contributed by atoms with E-state index >= 15 is 0 Å². The number of fused-ring (bicyclic) bond motifs is 1. The average molecular weight is 207 g/mol. The topological polar surface area (TPSA) is 29.5 Å². The summed E-state index contributed by atoms with van der Waals surface area (Å²) in [4.78, 5) is 14.3. The van der Waals surface area contributed by atoms with Crippen molar-refractivity contribution in [2.75, 3.05) is 6.54 Å². The first-order valence-corrected chi connectivity index (χ1v) is 5.63. The van der Waals surface area contributed by atoms with Crippen LogP contribution in [-0.2, 0) is 9.53 Å². The summed E-state index contributed by atoms with van der Waals surface area (Å²) >= 11 is 0. The van der Waals surface area contributed by atoms with Crippen molar-refractivity contribution in [3.63, 3.8) is 0 Å². The van der Waals surface area contributed by atoms with Crippen LogP contribution in [0.25, 0.3) is 0 Å². The molecule has 0 N–H and O–H groups in total. The second-order valence-corrected chi connectivity index (χ2v) is 5.83. The molecule has 3 aliphatic heterocycles. The molecule has 1 amide bonds. The first-order valence-electron chi connectivity index (χ1n) is 5.63. The van der Waals surface area contributed by atoms with Gasteiger partial charge in [0.05, 0.1) is 6.10 Å². The molecule has 0 saturated carbocycles. The van der Waals surface area contributed by atoms with Crippen molar-refractivity contribution in [2.24, 2.45) is 5.92 Å². The van der Waals surface area contributed by atoms with E-state index in [1.165, 1.54) is 0 Å². The second-order valence-electron chi connectivity index (χ2n) is 5.83. The van der Waals surface area contributed by atoms with Gasteiger partial charge in [-0.05, 0) is 33.3 Å². The van der Waals surface area contributed by atoms with E-state index in [-0.39, 0.29) is 17.6 Å². The predicted molar refractivity (Wildman–Crippen MR) is 56.3 cm³/mol. The Hall–Kier alpha value is -0.830. The average Bonchev–Trinajstić information content (AvgIpc) is 2.74. The third-order valence-corrected chi connectivity index (χ3v) is 3.82. The summed E-state index contributed by atoms with van der Waals surface area (Å²) in [5, 5.41) is 0. The molecule has 0 aliphatic carbocycles. The summed E-state index contributed by atoms with van der Waals surface area (Å²) in [6.07, 6.45) is 5.23. The van der Waals surface area contributed by atoms with Gasteiger partial charge in [0, 0.05) is 18.0 Å². The number of carbonyl (C=O) groups is 1. The summed E-state index contributed by atoms with van der Waals surface area (Å²) in [5.41, 5.74) is -0.677. The van der Waals surface area contributed by atoms with Crippen LogP contribution in [0.15, 0.2) is 12.2 Å². The molecule has 2 saturated heterocycles. The van der Waals surface area contributed by atoms with Gasteiger partial charge < -0.3 is 9.64 Å². The van der Waals surface area contributed by atoms with Gasteiger partial charge in [-0.3, -0.25) is 4.79 Å². The third kappa shape index (κ3) is 1.02. The van der Waals surface area contributed by atoms with Crippen LogP contribution in [0.4, 0.5) is 0 Å². The van der Waals surface area contributed by atoms with Gasteiger partial charge in [0.2, 0.25) is 0 Å². The number of hydrogen-bond donors (Lipinski definition) is 0. The van der Waals surface area contributed by atoms with Crippen molar-refractivity contribution in [2.45, 2.75) is 44.4 Å². The third-order valence-electron chi connectivity index (χ3n) is 3.82. The Morgan fingerprint density at radius 3 is 2.80 bits per heavy atom. The molecule has 0 aromatic rings. The lowest BCUT2D eigenvalue weighted by atomic mass is 9.86. The van der Waals surface area contributed by atoms with Gasteiger partial charge in [-0.2, -0.15) is 0 Å². The van der Waals surface area contributed by atoms with Crippen LogP contribution in [0.2, 0.25) is 0 Å². The van der Waals surface area contributed by atoms with Crippen molar-refractivity contribution in [1.82, 2.24) is 4.90 Å². The minimum atomic E-state index is -0.585. The minimum Gasteiger partial charge on any atom is -0.353 e. The van der Waals surface area contributed by atoms with Crippen LogP contribution in [0, 0.1) is 5.92 Å². The van der Waals surface area contributed by atoms with Gasteiger partial charge in [-0.1, -0.05) is 6.08 Å². The maximum absolute atomic E-state index is 12.4. The van der Waals surface area contributed by atoms with E-state index in [9.17, 15) is 4.79 Å². The largest absolute Gasteiger partial charge is 0.353 e. The quantitative estimate of drug-likeness (QED) is 0.561. The molecule has 3 heteroatoms. The number of amides is 1. The molecule has 3 rings (SSSR count). The zero-order chi connectivity index (χ0) is 10.8. The number of carbonyl (C=O) groups excluding carboxylic acids is 1. The van der Waals surface area contributed by atoms with Crippen LogP contribution in [0.3, 0.4) is 0 Å². The monoisotopic (exact) mass is 207 g/mol. The van der Waals surface area contributed by atoms with Crippen LogP contribution in [0.1, 0.15) is 27.2 Å². The van der Waals surface area contributed by atoms with E-state index in [4.69, 9.17) is 4.74 Å². The van der Waals surface area contributed by atoms with E-state index < -0.39 is 5.60 Å². The highest BCUT2D eigenvalue weighted by Gasteiger charge is 2.62. The summed E-state index contributed by atoms with van der Waals surface area (Å²) in [7, 11) is 0. The standard InChI is InChI=1S/C12H17NO2/c1-11(2,3)13-7-8-6-9-4-5-12(8,15-9)10(13)14/h4-5,8-9H,6-7H2,1-3H3/t8-,9+,12-/m1/s1. The van der Waals surface area contributed by atoms with Crippen LogP contribution in [0.5, 0.6) is 0 Å². The Morgan fingerprint density at radius 1 is 1.53 bits per heavy atom. The molecule has 2 bridgehead atoms. The van der Waals surface area contributed by atoms with Gasteiger partial charge >= 0.3 is 0 Å². The zero-order valence-corrected chi connectivity index (χ0v) is 9.49. The summed E-state index contributed by atoms with van der Waals surface area (Å²) < 4.78 is 5.82. The van der Waals surface area contributed by atoms with Gasteiger partial charge in [0.25, 0.3) is 5.91 Å². The van der Waals surface area contributed by atoms with E-state index in [0.29, 0.717) is 5.92 Å². The summed E-state index contributed by atoms with van der Waals surface area (Å²) in [6.45, 7) is 7.10. The fraction of sp³-hybridized carbons (Fsp3) is 0.750. The van der Waals surface area contributed by atoms with Crippen molar-refractivity contribution in [3.8, 4) is 0 Å². The number of likely N-dealkylation sites (tertiary alicyclic amines) is 1. The smallest absolute Gasteiger partial charge is 0.259 e. The molecule has 15 heavy (non-hydrogen) atoms. The lowest BCUT2D eigenvalue weighted by Crippen LogP contribution is -2.47. The maximum atomic E-state index is 12.4. The molecule has 82 valence electrons. The first kappa shape index (κ1) is 9.40. The normalized spacial score (nSPS) is 42.9. The lowest BCUT2D eigenvalue weighted by molar-refractivity contribution is -0.145. The van der Waals surface area contributed by atoms with Crippen molar-refractivity contribution in [3.05, 3.63) is 12.2 Å². The number of rotatable bonds is 0. The lowest BCUT2D eigenvalue weighted by Gasteiger charge is -2.33. The van der Waals surface area contributed by atoms with Crippen molar-refractivity contribution in [1.29, 1.82) is 0 Å². The number of nitrogens with zero attached hydrogens (tertiary/aromatic N) is 1. The Kier molecular flexibility index (Phi) is 1.54. The minimum absolute atomic E-state index is 0.0918. The molecule has 2 fully saturated rings. The molecule has 3 atom stereocenters.